The maximum Gasteiger partial charge on any atom is 0.337 e. The summed E-state index contributed by atoms with van der Waals surface area (Å²) < 4.78 is 12.4. The van der Waals surface area contributed by atoms with Gasteiger partial charge in [0, 0.05) is 52.6 Å². The largest absolute Gasteiger partial charge is 0.496 e. The summed E-state index contributed by atoms with van der Waals surface area (Å²) in [7, 11) is 2.86. The van der Waals surface area contributed by atoms with Crippen LogP contribution in [0.3, 0.4) is 0 Å². The van der Waals surface area contributed by atoms with E-state index in [0.29, 0.717) is 29.3 Å². The van der Waals surface area contributed by atoms with Crippen LogP contribution in [0.1, 0.15) is 27.2 Å². The molecule has 0 radical (unpaired) electrons. The molecule has 39 heavy (non-hydrogen) atoms. The summed E-state index contributed by atoms with van der Waals surface area (Å²) in [5, 5.41) is 13.9. The summed E-state index contributed by atoms with van der Waals surface area (Å²) in [5.74, 6) is 0.0782. The van der Waals surface area contributed by atoms with E-state index in [1.165, 1.54) is 20.3 Å². The smallest absolute Gasteiger partial charge is 0.337 e. The molecule has 8 nitrogen and oxygen atoms in total. The van der Waals surface area contributed by atoms with Gasteiger partial charge < -0.3 is 14.0 Å². The number of halogens is 1. The summed E-state index contributed by atoms with van der Waals surface area (Å²) in [6.45, 7) is 0.530. The van der Waals surface area contributed by atoms with Gasteiger partial charge in [-0.1, -0.05) is 35.9 Å². The lowest BCUT2D eigenvalue weighted by atomic mass is 10.0. The van der Waals surface area contributed by atoms with Gasteiger partial charge in [-0.2, -0.15) is 0 Å². The Kier molecular flexibility index (Phi) is 7.29. The third kappa shape index (κ3) is 5.46. The number of fused-ring (bicyclic) bond motifs is 2. The van der Waals surface area contributed by atoms with Crippen molar-refractivity contribution >= 4 is 51.1 Å². The van der Waals surface area contributed by atoms with E-state index in [2.05, 4.69) is 4.98 Å². The van der Waals surface area contributed by atoms with Crippen LogP contribution in [0.5, 0.6) is 5.75 Å². The van der Waals surface area contributed by atoms with E-state index in [1.807, 2.05) is 59.3 Å². The lowest BCUT2D eigenvalue weighted by molar-refractivity contribution is -0.384. The number of non-ortho nitro benzene ring substituents is 1. The molecular weight excluding hydrogens is 518 g/mol. The number of carbonyl (C=O) groups excluding carboxylic acids is 1. The summed E-state index contributed by atoms with van der Waals surface area (Å²) in [6.07, 6.45) is 6.37. The van der Waals surface area contributed by atoms with Crippen LogP contribution in [0.15, 0.2) is 79.0 Å². The molecule has 9 heteroatoms. The van der Waals surface area contributed by atoms with E-state index in [4.69, 9.17) is 21.1 Å². The number of allylic oxidation sites excluding steroid dienone is 1. The molecule has 0 aliphatic carbocycles. The van der Waals surface area contributed by atoms with Crippen molar-refractivity contribution in [2.75, 3.05) is 14.2 Å². The van der Waals surface area contributed by atoms with Gasteiger partial charge in [0.05, 0.1) is 35.9 Å². The Labute approximate surface area is 229 Å². The van der Waals surface area contributed by atoms with Gasteiger partial charge in [0.15, 0.2) is 0 Å². The number of benzene rings is 3. The van der Waals surface area contributed by atoms with Crippen LogP contribution in [0.4, 0.5) is 5.69 Å². The SMILES string of the molecule is COC(=O)c1ccc(Cc2cn(CC=Cc3ccc4ccc(Cl)cc4n3)c3ccc([N+](=O)[O-])cc23)c(OC)c1. The molecule has 2 aromatic heterocycles. The molecule has 0 spiro atoms. The quantitative estimate of drug-likeness (QED) is 0.121. The van der Waals surface area contributed by atoms with E-state index in [0.717, 1.165) is 38.6 Å². The van der Waals surface area contributed by atoms with Crippen LogP contribution in [0, 0.1) is 10.1 Å². The number of carbonyl (C=O) groups is 1. The first-order valence-corrected chi connectivity index (χ1v) is 12.5. The fourth-order valence-corrected chi connectivity index (χ4v) is 4.76. The van der Waals surface area contributed by atoms with Gasteiger partial charge in [0.25, 0.3) is 5.69 Å². The first kappa shape index (κ1) is 25.9. The highest BCUT2D eigenvalue weighted by Gasteiger charge is 2.16. The highest BCUT2D eigenvalue weighted by Crippen LogP contribution is 2.31. The highest BCUT2D eigenvalue weighted by atomic mass is 35.5. The number of methoxy groups -OCH3 is 2. The minimum Gasteiger partial charge on any atom is -0.496 e. The molecule has 0 aliphatic heterocycles. The van der Waals surface area contributed by atoms with Crippen molar-refractivity contribution in [3.63, 3.8) is 0 Å². The molecule has 0 aliphatic rings. The van der Waals surface area contributed by atoms with Gasteiger partial charge >= 0.3 is 5.97 Å². The van der Waals surface area contributed by atoms with E-state index in [9.17, 15) is 14.9 Å². The molecule has 0 N–H and O–H groups in total. The Balaban J connectivity index is 1.48. The van der Waals surface area contributed by atoms with Crippen LogP contribution < -0.4 is 4.74 Å². The zero-order valence-corrected chi connectivity index (χ0v) is 22.0. The van der Waals surface area contributed by atoms with Crippen molar-refractivity contribution in [1.29, 1.82) is 0 Å². The standard InChI is InChI=1S/C30H24ClN3O5/c1-38-29-15-21(30(35)39-2)6-5-20(29)14-22-18-33(28-12-11-25(34(36)37)17-26(22)28)13-3-4-24-10-8-19-7-9-23(31)16-27(19)32-24/h3-12,15-18H,13-14H2,1-2H3. The third-order valence-electron chi connectivity index (χ3n) is 6.51. The zero-order chi connectivity index (χ0) is 27.5. The van der Waals surface area contributed by atoms with Crippen molar-refractivity contribution in [2.24, 2.45) is 0 Å². The maximum atomic E-state index is 12.0. The second kappa shape index (κ2) is 11.0. The highest BCUT2D eigenvalue weighted by molar-refractivity contribution is 6.31. The number of ether oxygens (including phenoxy) is 2. The number of pyridine rings is 1. The molecule has 5 rings (SSSR count). The Morgan fingerprint density at radius 3 is 2.64 bits per heavy atom. The van der Waals surface area contributed by atoms with Crippen LogP contribution in [-0.4, -0.2) is 34.7 Å². The monoisotopic (exact) mass is 541 g/mol. The van der Waals surface area contributed by atoms with Gasteiger partial charge in [0.2, 0.25) is 0 Å². The normalized spacial score (nSPS) is 11.4. The molecule has 0 amide bonds. The van der Waals surface area contributed by atoms with E-state index < -0.39 is 10.9 Å². The number of aromatic nitrogens is 2. The van der Waals surface area contributed by atoms with Crippen molar-refractivity contribution in [3.05, 3.63) is 117 Å². The molecule has 0 unspecified atom stereocenters. The van der Waals surface area contributed by atoms with Crippen LogP contribution in [0.2, 0.25) is 5.02 Å². The Morgan fingerprint density at radius 2 is 1.87 bits per heavy atom. The predicted octanol–water partition coefficient (Wildman–Crippen LogP) is 6.85. The molecule has 196 valence electrons. The minimum atomic E-state index is -0.456. The van der Waals surface area contributed by atoms with Gasteiger partial charge in [-0.25, -0.2) is 9.78 Å². The molecule has 0 fully saturated rings. The number of hydrogen-bond acceptors (Lipinski definition) is 6. The zero-order valence-electron chi connectivity index (χ0n) is 21.3. The maximum absolute atomic E-state index is 12.0. The van der Waals surface area contributed by atoms with Crippen LogP contribution in [-0.2, 0) is 17.7 Å². The number of nitro groups is 1. The fourth-order valence-electron chi connectivity index (χ4n) is 4.59. The van der Waals surface area contributed by atoms with Gasteiger partial charge in [-0.05, 0) is 53.6 Å². The Bertz CT molecular complexity index is 1760. The average Bonchev–Trinajstić information content (AvgIpc) is 3.28. The number of hydrogen-bond donors (Lipinski definition) is 0. The van der Waals surface area contributed by atoms with Gasteiger partial charge in [0.1, 0.15) is 5.75 Å². The average molecular weight is 542 g/mol. The number of esters is 1. The summed E-state index contributed by atoms with van der Waals surface area (Å²) in [4.78, 5) is 27.7. The van der Waals surface area contributed by atoms with E-state index >= 15 is 0 Å². The lowest BCUT2D eigenvalue weighted by Crippen LogP contribution is -2.03. The summed E-state index contributed by atoms with van der Waals surface area (Å²) >= 11 is 6.12. The fraction of sp³-hybridized carbons (Fsp3) is 0.133. The molecule has 3 aromatic carbocycles. The Hall–Kier alpha value is -4.69. The molecule has 0 bridgehead atoms. The van der Waals surface area contributed by atoms with Crippen molar-refractivity contribution in [3.8, 4) is 5.75 Å². The molecule has 0 saturated carbocycles. The molecular formula is C30H24ClN3O5. The topological polar surface area (TPSA) is 96.5 Å². The summed E-state index contributed by atoms with van der Waals surface area (Å²) in [5.41, 5.74) is 4.61. The Morgan fingerprint density at radius 1 is 1.05 bits per heavy atom. The third-order valence-corrected chi connectivity index (χ3v) is 6.75. The first-order valence-electron chi connectivity index (χ1n) is 12.1. The van der Waals surface area contributed by atoms with Crippen LogP contribution >= 0.6 is 11.6 Å². The minimum absolute atomic E-state index is 0.0177. The van der Waals surface area contributed by atoms with Crippen LogP contribution in [0.25, 0.3) is 27.9 Å². The van der Waals surface area contributed by atoms with Crippen molar-refractivity contribution < 1.29 is 19.2 Å². The molecule has 0 saturated heterocycles. The number of rotatable bonds is 8. The molecule has 2 heterocycles. The van der Waals surface area contributed by atoms with Gasteiger partial charge in [-0.3, -0.25) is 10.1 Å². The second-order valence-electron chi connectivity index (χ2n) is 8.94. The van der Waals surface area contributed by atoms with Crippen molar-refractivity contribution in [2.45, 2.75) is 13.0 Å². The summed E-state index contributed by atoms with van der Waals surface area (Å²) in [6, 6.07) is 19.5. The lowest BCUT2D eigenvalue weighted by Gasteiger charge is -2.10. The number of nitro benzene ring substituents is 1. The molecule has 0 atom stereocenters. The number of nitrogens with zero attached hydrogens (tertiary/aromatic N) is 3. The predicted molar refractivity (Wildman–Crippen MR) is 152 cm³/mol. The van der Waals surface area contributed by atoms with Gasteiger partial charge in [-0.15, -0.1) is 0 Å². The molecule has 5 aromatic rings. The first-order chi connectivity index (χ1) is 18.9. The van der Waals surface area contributed by atoms with E-state index in [-0.39, 0.29) is 5.69 Å². The van der Waals surface area contributed by atoms with E-state index in [1.54, 1.807) is 24.3 Å². The second-order valence-corrected chi connectivity index (χ2v) is 9.37. The van der Waals surface area contributed by atoms with Crippen molar-refractivity contribution in [1.82, 2.24) is 9.55 Å².